The Labute approximate surface area is 863 Å². The van der Waals surface area contributed by atoms with E-state index in [1.807, 2.05) is 88.0 Å². The van der Waals surface area contributed by atoms with Gasteiger partial charge in [-0.15, -0.1) is 11.8 Å². The van der Waals surface area contributed by atoms with E-state index in [1.165, 1.54) is 35.4 Å². The summed E-state index contributed by atoms with van der Waals surface area (Å²) < 4.78 is 153. The second-order valence-corrected chi connectivity index (χ2v) is 118. The Morgan fingerprint density at radius 3 is 0.957 bits per heavy atom. The van der Waals surface area contributed by atoms with E-state index in [-0.39, 0.29) is 37.1 Å². The van der Waals surface area contributed by atoms with E-state index < -0.39 is 158 Å². The van der Waals surface area contributed by atoms with Gasteiger partial charge in [-0.3, -0.25) is 18.3 Å². The van der Waals surface area contributed by atoms with Crippen molar-refractivity contribution in [3.8, 4) is 0 Å². The minimum Gasteiger partial charge on any atom is -0.437 e. The van der Waals surface area contributed by atoms with Crippen LogP contribution in [0.4, 0.5) is 0 Å². The molecule has 9 atom stereocenters. The van der Waals surface area contributed by atoms with E-state index in [0.717, 1.165) is 65.6 Å². The molecule has 1 aromatic heterocycles. The summed E-state index contributed by atoms with van der Waals surface area (Å²) in [5.74, 6) is -0.462. The maximum Gasteiger partial charge on any atom is 0.500 e. The number of rotatable bonds is 78. The van der Waals surface area contributed by atoms with Gasteiger partial charge in [-0.25, -0.2) is 0 Å². The van der Waals surface area contributed by atoms with E-state index in [1.54, 1.807) is 6.07 Å². The van der Waals surface area contributed by atoms with Crippen molar-refractivity contribution in [1.82, 2.24) is 9.27 Å². The van der Waals surface area contributed by atoms with Gasteiger partial charge in [0.05, 0.1) is 56.3 Å². The monoisotopic (exact) mass is 2290 g/mol. The van der Waals surface area contributed by atoms with Gasteiger partial charge in [0.15, 0.2) is 44.3 Å². The quantitative estimate of drug-likeness (QED) is 0.0268. The molecule has 0 aliphatic carbocycles. The van der Waals surface area contributed by atoms with Crippen LogP contribution >= 0.6 is 23.3 Å². The largest absolute Gasteiger partial charge is 0.500 e. The molecule has 2 heterocycles. The van der Waals surface area contributed by atoms with Crippen LogP contribution in [0, 0.1) is 0 Å². The molecule has 0 radical (unpaired) electrons. The summed E-state index contributed by atoms with van der Waals surface area (Å²) in [6, 6.07) is 24.6. The number of carbonyl (C=O) groups excluding carboxylic acids is 2. The molecule has 4 rings (SSSR count). The molecule has 29 nitrogen and oxygen atoms in total. The number of aromatic nitrogens is 1. The molecule has 1 amide bonds. The lowest BCUT2D eigenvalue weighted by Crippen LogP contribution is -2.63. The number of aryl methyl sites for hydroxylation is 1. The first kappa shape index (κ1) is 133. The fourth-order valence-electron chi connectivity index (χ4n) is 17.9. The third kappa shape index (κ3) is 54.5. The molecule has 1 aliphatic heterocycles. The van der Waals surface area contributed by atoms with Gasteiger partial charge in [-0.05, 0) is 291 Å². The zero-order valence-electron chi connectivity index (χ0n) is 92.7. The lowest BCUT2D eigenvalue weighted by Gasteiger charge is -2.46. The zero-order valence-corrected chi connectivity index (χ0v) is 112. The first-order valence-electron chi connectivity index (χ1n) is 51.1. The van der Waals surface area contributed by atoms with E-state index in [0.29, 0.717) is 159 Å². The van der Waals surface area contributed by atoms with Crippen LogP contribution in [0.3, 0.4) is 0 Å². The molecule has 0 saturated carbocycles. The Hall–Kier alpha value is 0.564. The van der Waals surface area contributed by atoms with Crippen molar-refractivity contribution >= 4 is 198 Å². The molecule has 0 saturated heterocycles. The summed E-state index contributed by atoms with van der Waals surface area (Å²) in [6.07, 6.45) is 5.79. The van der Waals surface area contributed by atoms with Gasteiger partial charge in [0.25, 0.3) is 5.56 Å². The molecule has 3 N–H and O–H groups in total. The maximum atomic E-state index is 13.7. The number of hydrogen-bond donors (Lipinski definition) is 3. The second-order valence-electron chi connectivity index (χ2n) is 44.6. The Morgan fingerprint density at radius 1 is 0.341 bits per heavy atom. The Morgan fingerprint density at radius 2 is 0.638 bits per heavy atom. The van der Waals surface area contributed by atoms with Crippen LogP contribution in [0.5, 0.6) is 0 Å². The number of carbonyl (C=O) groups is 2. The standard InChI is InChI=1S/C48H103NO15SSi9.C41H91NO12SSi9/c1-19-56-74(57-20-2,58-21-3)43-27-42-71(16,60-68(10,11)12)64-73(18,40-25-33-54-36-37-55-34-30-49-48(52)47-46(51)44-28-22-23-29-45(44)65-47)62-69(13,14)61-72(17,39-24-32-53-35-31-50)63-70(15,59-67(7,8)9)41-26-38-66(4,5)6;1-19-46-64(47-20-2,48-21-3)37-26-36-61(16,50-58(10,11)12)54-63(18,38-29-42-41(44)39-27-22-23-28-40(39)55-42)52-59(13,14)51-62(17,34-24-31-45-32-30-43)53-60(15,49-57(7,8)9)35-25-33-56(4,5)6/h22-23,28-29,47,50H,19-21,24-27,30-43H2,1-18H3,(H,49,52);22-23,27-28,43H,19-21,24-26,29-38H2,1-18H3. The lowest BCUT2D eigenvalue weighted by molar-refractivity contribution is -0.120. The van der Waals surface area contributed by atoms with Crippen LogP contribution in [-0.4, -0.2) is 296 Å². The van der Waals surface area contributed by atoms with Crippen LogP contribution in [-0.2, 0) is 106 Å². The first-order valence-corrected chi connectivity index (χ1v) is 103. The molecule has 806 valence electrons. The van der Waals surface area contributed by atoms with Crippen molar-refractivity contribution in [3.63, 3.8) is 0 Å². The number of hydrogen-bond acceptors (Lipinski definition) is 29. The molecule has 2 aromatic carbocycles. The predicted octanol–water partition coefficient (Wildman–Crippen LogP) is 22.6. The Bertz CT molecular complexity index is 3990. The van der Waals surface area contributed by atoms with Crippen molar-refractivity contribution in [2.75, 3.05) is 112 Å². The molecule has 9 unspecified atom stereocenters. The summed E-state index contributed by atoms with van der Waals surface area (Å²) in [4.78, 5) is 40.2. The van der Waals surface area contributed by atoms with Gasteiger partial charge in [0.1, 0.15) is 0 Å². The van der Waals surface area contributed by atoms with Crippen LogP contribution in [0.1, 0.15) is 96.8 Å². The van der Waals surface area contributed by atoms with Crippen molar-refractivity contribution in [1.29, 1.82) is 0 Å². The van der Waals surface area contributed by atoms with Gasteiger partial charge in [0.2, 0.25) is 5.91 Å². The van der Waals surface area contributed by atoms with Crippen LogP contribution < -0.4 is 10.9 Å². The fraction of sp³-hybridized carbons (Fsp3) is 0.831. The number of aliphatic hydroxyl groups is 2. The Balaban J connectivity index is 0.000000718. The predicted molar refractivity (Wildman–Crippen MR) is 609 cm³/mol. The highest BCUT2D eigenvalue weighted by Gasteiger charge is 2.57. The van der Waals surface area contributed by atoms with E-state index in [2.05, 4.69) is 202 Å². The number of fused-ring (bicyclic) bond motifs is 2. The SMILES string of the molecule is CCO[Si](CCC[Si](C)(O[Si](C)(C)C)O[Si](C)(CCCOCCOCCNC(=O)C1Sc2ccccc2C1=O)O[Si](C)(C)O[Si](C)(CCCOCCO)O[Si](C)(CCC[Si](C)(C)C)O[Si](C)(C)C)(OCC)OCC.CCO[Si](CCC[Si](C)(O[Si](C)(C)C)O[Si](C)(CCn1sc2ccccc2c1=O)O[Si](C)(C)O[Si](C)(CCCOCCO)O[Si](C)(CCC[Si](C)(C)C)O[Si](C)(C)C)(OCC)OCC. The van der Waals surface area contributed by atoms with Gasteiger partial charge in [-0.2, -0.15) is 0 Å². The first-order chi connectivity index (χ1) is 63.7. The van der Waals surface area contributed by atoms with Gasteiger partial charge < -0.3 is 110 Å². The van der Waals surface area contributed by atoms with Crippen molar-refractivity contribution < 1.29 is 115 Å². The smallest absolute Gasteiger partial charge is 0.437 e. The fourth-order valence-corrected chi connectivity index (χ4v) is 99.5. The second kappa shape index (κ2) is 60.7. The minimum atomic E-state index is -3.24. The summed E-state index contributed by atoms with van der Waals surface area (Å²) in [5, 5.41) is 21.7. The third-order valence-electron chi connectivity index (χ3n) is 21.5. The third-order valence-corrected chi connectivity index (χ3v) is 89.2. The van der Waals surface area contributed by atoms with E-state index >= 15 is 0 Å². The van der Waals surface area contributed by atoms with Crippen molar-refractivity contribution in [2.24, 2.45) is 0 Å². The molecular formula is C89H194N2O27S2Si18. The van der Waals surface area contributed by atoms with Crippen LogP contribution in [0.25, 0.3) is 10.1 Å². The van der Waals surface area contributed by atoms with Crippen molar-refractivity contribution in [2.45, 2.75) is 372 Å². The number of amides is 1. The number of ketones is 1. The highest BCUT2D eigenvalue weighted by molar-refractivity contribution is 8.02. The molecule has 0 bridgehead atoms. The Kier molecular flexibility index (Phi) is 58.4. The van der Waals surface area contributed by atoms with Crippen molar-refractivity contribution in [3.05, 3.63) is 64.4 Å². The van der Waals surface area contributed by atoms with Gasteiger partial charge in [-0.1, -0.05) is 106 Å². The molecule has 49 heteroatoms. The number of benzene rings is 2. The molecule has 138 heavy (non-hydrogen) atoms. The highest BCUT2D eigenvalue weighted by Crippen LogP contribution is 2.42. The normalized spacial score (nSPS) is 17.8. The van der Waals surface area contributed by atoms with Gasteiger partial charge >= 0.3 is 103 Å². The number of Topliss-reactive ketones (excluding diaryl/α,β-unsaturated/α-hetero) is 1. The lowest BCUT2D eigenvalue weighted by atomic mass is 10.1. The number of thioether (sulfide) groups is 1. The highest BCUT2D eigenvalue weighted by atomic mass is 32.2. The number of ether oxygens (including phenoxy) is 4. The summed E-state index contributed by atoms with van der Waals surface area (Å²) in [7, 11) is -46.7. The number of aliphatic hydroxyl groups excluding tert-OH is 2. The average molecular weight is 2290 g/mol. The molecule has 0 spiro atoms. The topological polar surface area (TPSA) is 312 Å². The maximum absolute atomic E-state index is 13.7. The number of nitrogens with zero attached hydrogens (tertiary/aromatic N) is 1. The van der Waals surface area contributed by atoms with Gasteiger partial charge in [0, 0.05) is 117 Å². The number of nitrogens with one attached hydrogen (secondary N) is 1. The summed E-state index contributed by atoms with van der Waals surface area (Å²) >= 11 is 2.77. The van der Waals surface area contributed by atoms with Crippen LogP contribution in [0.2, 0.25) is 269 Å². The van der Waals surface area contributed by atoms with E-state index in [4.69, 9.17) is 94.9 Å². The molecule has 0 fully saturated rings. The average Bonchev–Trinajstić information content (AvgIpc) is 1.56. The summed E-state index contributed by atoms with van der Waals surface area (Å²) in [6.45, 7) is 86.2. The molecule has 1 aliphatic rings. The van der Waals surface area contributed by atoms with E-state index in [9.17, 15) is 24.6 Å². The zero-order chi connectivity index (χ0) is 105. The molecular weight excluding hydrogens is 2100 g/mol. The minimum absolute atomic E-state index is 0.00435. The summed E-state index contributed by atoms with van der Waals surface area (Å²) in [5.41, 5.74) is 0.604. The molecule has 3 aromatic rings. The van der Waals surface area contributed by atoms with Crippen LogP contribution in [0.15, 0.2) is 58.2 Å².